The van der Waals surface area contributed by atoms with E-state index in [9.17, 15) is 33.9 Å². The average Bonchev–Trinajstić information content (AvgIpc) is 3.44. The van der Waals surface area contributed by atoms with E-state index in [1.54, 1.807) is 33.8 Å². The van der Waals surface area contributed by atoms with E-state index in [-0.39, 0.29) is 43.3 Å². The maximum Gasteiger partial charge on any atom is 0.330 e. The van der Waals surface area contributed by atoms with Crippen molar-refractivity contribution < 1.29 is 81.2 Å². The largest absolute Gasteiger partial charge is 0.478 e. The standard InChI is InChI=1S/C30H42O9.C30H42O8/c1-8-26(33)38-28-23(18-27(34)35-6)17-24(39-30(28,36-7)29(4,5)15-14-25(31)32)16-20(2)21(3)37-19-22-12-10-9-11-13-22;1-8-26(32)37-28-24(19-27(33)34-6)18-25(38-30(28,35-7)29(4,5)15-12-16-31)17-21(2)22(3)36-20-23-13-10-9-11-14-23/h9-15,18,20-21,24,28H,8,16-17,19H2,1-7H3,(H,31,32);9-16,19,21-22,25,28H,8,17-18,20H2,1-7H3/b15-14+,23-18+;15-12+,24-19+/t20-,21-,24?,28+,30-;21-,22-,25?,28+,30-/m11/s1. The highest BCUT2D eigenvalue weighted by atomic mass is 16.7. The SMILES string of the molecule is CCC(=O)O[C@H]1/C(=C/C(=O)OC)CC(C[C@@H](C)[C@@H](C)OCc2ccccc2)O[C@@]1(OC)C(C)(C)/C=C/C(=O)O.CCC(=O)O[C@H]1/C(=C/C(=O)OC)CC(C[C@@H](C)[C@@H](C)OCc2ccccc2)O[C@@]1(OC)C(C)(C)/C=C/C=O. The zero-order valence-corrected chi connectivity index (χ0v) is 47.6. The summed E-state index contributed by atoms with van der Waals surface area (Å²) in [5.74, 6) is -6.35. The van der Waals surface area contributed by atoms with E-state index in [1.807, 2.05) is 88.4 Å². The maximum atomic E-state index is 12.5. The first-order chi connectivity index (χ1) is 36.4. The van der Waals surface area contributed by atoms with Crippen LogP contribution < -0.4 is 0 Å². The topological polar surface area (TPSA) is 215 Å². The van der Waals surface area contributed by atoms with Crippen molar-refractivity contribution in [2.75, 3.05) is 28.4 Å². The smallest absolute Gasteiger partial charge is 0.330 e. The van der Waals surface area contributed by atoms with Gasteiger partial charge in [0.25, 0.3) is 0 Å². The van der Waals surface area contributed by atoms with E-state index >= 15 is 0 Å². The molecule has 2 aliphatic heterocycles. The van der Waals surface area contributed by atoms with Crippen LogP contribution in [-0.4, -0.2) is 118 Å². The van der Waals surface area contributed by atoms with Gasteiger partial charge in [0.05, 0.1) is 51.8 Å². The predicted octanol–water partition coefficient (Wildman–Crippen LogP) is 9.79. The van der Waals surface area contributed by atoms with Crippen molar-refractivity contribution in [3.63, 3.8) is 0 Å². The van der Waals surface area contributed by atoms with Crippen molar-refractivity contribution in [1.82, 2.24) is 0 Å². The van der Waals surface area contributed by atoms with E-state index in [0.717, 1.165) is 17.2 Å². The number of rotatable bonds is 26. The Morgan fingerprint density at radius 3 is 1.34 bits per heavy atom. The van der Waals surface area contributed by atoms with Crippen LogP contribution in [0, 0.1) is 22.7 Å². The van der Waals surface area contributed by atoms with Crippen LogP contribution in [0.1, 0.15) is 119 Å². The molecule has 2 aromatic rings. The van der Waals surface area contributed by atoms with Gasteiger partial charge >= 0.3 is 29.8 Å². The molecule has 0 aliphatic carbocycles. The Hall–Kier alpha value is -5.82. The Kier molecular flexibility index (Phi) is 26.3. The van der Waals surface area contributed by atoms with Crippen LogP contribution in [-0.2, 0) is 89.3 Å². The van der Waals surface area contributed by atoms with Gasteiger partial charge in [-0.3, -0.25) is 14.4 Å². The fourth-order valence-corrected chi connectivity index (χ4v) is 9.37. The van der Waals surface area contributed by atoms with Crippen LogP contribution in [0.2, 0.25) is 0 Å². The fraction of sp³-hybridized carbons (Fsp3) is 0.567. The van der Waals surface area contributed by atoms with Crippen LogP contribution in [0.15, 0.2) is 108 Å². The summed E-state index contributed by atoms with van der Waals surface area (Å²) in [5, 5.41) is 9.31. The molecule has 1 N–H and O–H groups in total. The molecule has 2 aromatic carbocycles. The molecule has 17 nitrogen and oxygen atoms in total. The Balaban J connectivity index is 0.000000405. The minimum atomic E-state index is -1.64. The highest BCUT2D eigenvalue weighted by molar-refractivity contribution is 5.84. The maximum absolute atomic E-state index is 12.5. The number of allylic oxidation sites excluding steroid dienone is 1. The Morgan fingerprint density at radius 1 is 0.636 bits per heavy atom. The van der Waals surface area contributed by atoms with Crippen molar-refractivity contribution in [1.29, 1.82) is 0 Å². The molecule has 0 spiro atoms. The Morgan fingerprint density at radius 2 is 1.01 bits per heavy atom. The van der Waals surface area contributed by atoms with Gasteiger partial charge in [-0.05, 0) is 79.7 Å². The predicted molar refractivity (Wildman–Crippen MR) is 287 cm³/mol. The molecule has 0 bridgehead atoms. The molecule has 2 saturated heterocycles. The first-order valence-electron chi connectivity index (χ1n) is 26.2. The number of hydrogen-bond acceptors (Lipinski definition) is 16. The molecule has 10 atom stereocenters. The molecule has 17 heteroatoms. The number of aldehydes is 1. The lowest BCUT2D eigenvalue weighted by atomic mass is 9.73. The molecule has 2 fully saturated rings. The van der Waals surface area contributed by atoms with Crippen molar-refractivity contribution in [3.8, 4) is 0 Å². The molecule has 0 radical (unpaired) electrons. The highest BCUT2D eigenvalue weighted by Gasteiger charge is 2.60. The third-order valence-electron chi connectivity index (χ3n) is 14.3. The minimum Gasteiger partial charge on any atom is -0.478 e. The Labute approximate surface area is 455 Å². The number of methoxy groups -OCH3 is 4. The second-order valence-electron chi connectivity index (χ2n) is 20.6. The minimum absolute atomic E-state index is 0.0417. The van der Waals surface area contributed by atoms with E-state index in [1.165, 1.54) is 52.7 Å². The summed E-state index contributed by atoms with van der Waals surface area (Å²) in [5.41, 5.74) is 1.10. The van der Waals surface area contributed by atoms with Crippen molar-refractivity contribution in [3.05, 3.63) is 119 Å². The van der Waals surface area contributed by atoms with Crippen LogP contribution in [0.5, 0.6) is 0 Å². The van der Waals surface area contributed by atoms with E-state index < -0.39 is 76.7 Å². The summed E-state index contributed by atoms with van der Waals surface area (Å²) in [4.78, 5) is 72.3. The summed E-state index contributed by atoms with van der Waals surface area (Å²) in [6.45, 7) is 19.6. The van der Waals surface area contributed by atoms with Crippen molar-refractivity contribution in [2.45, 2.75) is 169 Å². The molecular weight excluding hydrogens is 993 g/mol. The normalized spacial score (nSPS) is 24.5. The van der Waals surface area contributed by atoms with Gasteiger partial charge in [0.2, 0.25) is 11.6 Å². The van der Waals surface area contributed by atoms with Gasteiger partial charge in [0.15, 0.2) is 12.2 Å². The summed E-state index contributed by atoms with van der Waals surface area (Å²) >= 11 is 0. The van der Waals surface area contributed by atoms with Crippen LogP contribution in [0.3, 0.4) is 0 Å². The lowest BCUT2D eigenvalue weighted by Gasteiger charge is -2.53. The monoisotopic (exact) mass is 1080 g/mol. The highest BCUT2D eigenvalue weighted by Crippen LogP contribution is 2.50. The van der Waals surface area contributed by atoms with Gasteiger partial charge in [0, 0.05) is 56.1 Å². The van der Waals surface area contributed by atoms with Gasteiger partial charge in [0.1, 0.15) is 6.29 Å². The second kappa shape index (κ2) is 30.9. The van der Waals surface area contributed by atoms with Gasteiger partial charge in [-0.15, -0.1) is 0 Å². The van der Waals surface area contributed by atoms with Gasteiger partial charge < -0.3 is 52.5 Å². The zero-order valence-electron chi connectivity index (χ0n) is 47.6. The third-order valence-corrected chi connectivity index (χ3v) is 14.3. The van der Waals surface area contributed by atoms with Crippen LogP contribution >= 0.6 is 0 Å². The fourth-order valence-electron chi connectivity index (χ4n) is 9.37. The quantitative estimate of drug-likeness (QED) is 0.0401. The van der Waals surface area contributed by atoms with Crippen molar-refractivity contribution in [2.24, 2.45) is 22.7 Å². The van der Waals surface area contributed by atoms with Crippen molar-refractivity contribution >= 4 is 36.1 Å². The third kappa shape index (κ3) is 18.4. The van der Waals surface area contributed by atoms with Crippen LogP contribution in [0.25, 0.3) is 0 Å². The molecule has 2 heterocycles. The molecule has 0 aromatic heterocycles. The zero-order chi connectivity index (χ0) is 57.6. The molecule has 426 valence electrons. The first kappa shape index (κ1) is 65.5. The molecule has 0 amide bonds. The van der Waals surface area contributed by atoms with Gasteiger partial charge in [-0.2, -0.15) is 0 Å². The molecule has 77 heavy (non-hydrogen) atoms. The number of carboxylic acids is 1. The van der Waals surface area contributed by atoms with Gasteiger partial charge in [-0.25, -0.2) is 14.4 Å². The molecule has 4 rings (SSSR count). The van der Waals surface area contributed by atoms with E-state index in [0.29, 0.717) is 49.9 Å². The number of aliphatic carboxylic acids is 1. The number of hydrogen-bond donors (Lipinski definition) is 1. The summed E-state index contributed by atoms with van der Waals surface area (Å²) < 4.78 is 59.0. The lowest BCUT2D eigenvalue weighted by molar-refractivity contribution is -0.337. The summed E-state index contributed by atoms with van der Waals surface area (Å²) in [6.07, 6.45) is 7.47. The van der Waals surface area contributed by atoms with Gasteiger partial charge in [-0.1, -0.05) is 128 Å². The summed E-state index contributed by atoms with van der Waals surface area (Å²) in [6, 6.07) is 19.8. The number of benzene rings is 2. The number of esters is 4. The Bertz CT molecular complexity index is 2340. The first-order valence-corrected chi connectivity index (χ1v) is 26.2. The molecule has 2 aliphatic rings. The lowest BCUT2D eigenvalue weighted by Crippen LogP contribution is -2.63. The van der Waals surface area contributed by atoms with E-state index in [4.69, 9.17) is 47.4 Å². The number of ether oxygens (including phenoxy) is 10. The number of carbonyl (C=O) groups is 6. The summed E-state index contributed by atoms with van der Waals surface area (Å²) in [7, 11) is 5.43. The van der Waals surface area contributed by atoms with E-state index in [2.05, 4.69) is 13.8 Å². The average molecular weight is 1080 g/mol. The second-order valence-corrected chi connectivity index (χ2v) is 20.6. The van der Waals surface area contributed by atoms with Crippen LogP contribution in [0.4, 0.5) is 0 Å². The molecule has 2 unspecified atom stereocenters. The number of carboxylic acid groups (broad SMARTS) is 1. The number of carbonyl (C=O) groups excluding carboxylic acids is 5. The molecule has 0 saturated carbocycles. The molecular formula is C60H84O17.